The van der Waals surface area contributed by atoms with E-state index >= 15 is 0 Å². The van der Waals surface area contributed by atoms with Crippen LogP contribution in [-0.4, -0.2) is 29.8 Å². The van der Waals surface area contributed by atoms with Crippen LogP contribution in [0, 0.1) is 0 Å². The van der Waals surface area contributed by atoms with E-state index in [-0.39, 0.29) is 0 Å². The van der Waals surface area contributed by atoms with Gasteiger partial charge in [0, 0.05) is 27.2 Å². The van der Waals surface area contributed by atoms with Crippen molar-refractivity contribution in [2.24, 2.45) is 7.05 Å². The van der Waals surface area contributed by atoms with Crippen LogP contribution in [-0.2, 0) is 24.9 Å². The van der Waals surface area contributed by atoms with Crippen LogP contribution in [0.5, 0.6) is 5.75 Å². The normalized spacial score (nSPS) is 10.8. The third-order valence-electron chi connectivity index (χ3n) is 3.10. The molecule has 2 rings (SSSR count). The molecular formula is C15H20BrN3O2. The number of nitrogens with one attached hydrogen (secondary N) is 1. The minimum absolute atomic E-state index is 0.501. The maximum Gasteiger partial charge on any atom is 0.134 e. The molecule has 114 valence electrons. The first kappa shape index (κ1) is 16.0. The molecule has 1 heterocycles. The van der Waals surface area contributed by atoms with Gasteiger partial charge in [-0.15, -0.1) is 0 Å². The Hall–Kier alpha value is -1.37. The summed E-state index contributed by atoms with van der Waals surface area (Å²) in [7, 11) is 3.65. The zero-order valence-electron chi connectivity index (χ0n) is 12.3. The van der Waals surface area contributed by atoms with Crippen molar-refractivity contribution >= 4 is 15.9 Å². The zero-order valence-corrected chi connectivity index (χ0v) is 13.9. The molecule has 0 fully saturated rings. The number of aromatic nitrogens is 2. The molecule has 0 aliphatic carbocycles. The van der Waals surface area contributed by atoms with E-state index in [1.807, 2.05) is 23.9 Å². The molecule has 0 spiro atoms. The number of rotatable bonds is 8. The Morgan fingerprint density at radius 2 is 2.24 bits per heavy atom. The summed E-state index contributed by atoms with van der Waals surface area (Å²) in [5, 5.41) is 3.31. The first-order valence-corrected chi connectivity index (χ1v) is 7.56. The zero-order chi connectivity index (χ0) is 15.1. The first-order valence-electron chi connectivity index (χ1n) is 6.77. The van der Waals surface area contributed by atoms with E-state index in [1.165, 1.54) is 5.56 Å². The predicted octanol–water partition coefficient (Wildman–Crippen LogP) is 2.50. The number of methoxy groups -OCH3 is 1. The molecule has 1 aromatic heterocycles. The Kier molecular flexibility index (Phi) is 6.22. The second-order valence-corrected chi connectivity index (χ2v) is 5.57. The van der Waals surface area contributed by atoms with Crippen molar-refractivity contribution in [3.63, 3.8) is 0 Å². The molecule has 0 bridgehead atoms. The number of imidazole rings is 1. The molecule has 0 amide bonds. The molecule has 1 aromatic carbocycles. The summed E-state index contributed by atoms with van der Waals surface area (Å²) < 4.78 is 13.7. The van der Waals surface area contributed by atoms with Gasteiger partial charge in [-0.2, -0.15) is 0 Å². The lowest BCUT2D eigenvalue weighted by Gasteiger charge is -2.10. The van der Waals surface area contributed by atoms with Crippen LogP contribution in [0.3, 0.4) is 0 Å². The molecule has 0 aliphatic heterocycles. The fourth-order valence-corrected chi connectivity index (χ4v) is 2.39. The highest BCUT2D eigenvalue weighted by Crippen LogP contribution is 2.26. The molecule has 0 unspecified atom stereocenters. The van der Waals surface area contributed by atoms with Crippen LogP contribution in [0.25, 0.3) is 0 Å². The summed E-state index contributed by atoms with van der Waals surface area (Å²) >= 11 is 3.55. The van der Waals surface area contributed by atoms with Crippen molar-refractivity contribution in [3.05, 3.63) is 46.5 Å². The molecule has 0 aliphatic rings. The van der Waals surface area contributed by atoms with Crippen LogP contribution in [0.15, 0.2) is 35.2 Å². The van der Waals surface area contributed by atoms with Crippen molar-refractivity contribution in [1.82, 2.24) is 14.9 Å². The summed E-state index contributed by atoms with van der Waals surface area (Å²) in [4.78, 5) is 4.07. The van der Waals surface area contributed by atoms with E-state index in [2.05, 4.69) is 38.4 Å². The molecule has 5 nitrogen and oxygen atoms in total. The van der Waals surface area contributed by atoms with E-state index in [0.717, 1.165) is 29.0 Å². The fourth-order valence-electron chi connectivity index (χ4n) is 1.85. The fraction of sp³-hybridized carbons (Fsp3) is 0.400. The summed E-state index contributed by atoms with van der Waals surface area (Å²) in [6.07, 6.45) is 3.57. The molecular weight excluding hydrogens is 334 g/mol. The van der Waals surface area contributed by atoms with Gasteiger partial charge in [-0.1, -0.05) is 6.07 Å². The predicted molar refractivity (Wildman–Crippen MR) is 85.3 cm³/mol. The third-order valence-corrected chi connectivity index (χ3v) is 3.72. The lowest BCUT2D eigenvalue weighted by molar-refractivity contribution is 0.199. The molecule has 0 atom stereocenters. The second-order valence-electron chi connectivity index (χ2n) is 4.72. The number of aryl methyl sites for hydroxylation is 1. The van der Waals surface area contributed by atoms with Crippen LogP contribution in [0.4, 0.5) is 0 Å². The third kappa shape index (κ3) is 4.84. The van der Waals surface area contributed by atoms with Gasteiger partial charge in [0.05, 0.1) is 29.3 Å². The number of ether oxygens (including phenoxy) is 2. The van der Waals surface area contributed by atoms with Crippen molar-refractivity contribution in [3.8, 4) is 5.75 Å². The molecule has 0 saturated heterocycles. The molecule has 21 heavy (non-hydrogen) atoms. The van der Waals surface area contributed by atoms with Gasteiger partial charge in [-0.25, -0.2) is 4.98 Å². The Labute approximate surface area is 133 Å². The largest absolute Gasteiger partial charge is 0.486 e. The van der Waals surface area contributed by atoms with Gasteiger partial charge in [0.25, 0.3) is 0 Å². The Balaban J connectivity index is 1.88. The van der Waals surface area contributed by atoms with Gasteiger partial charge >= 0.3 is 0 Å². The molecule has 0 saturated carbocycles. The second kappa shape index (κ2) is 8.17. The highest BCUT2D eigenvalue weighted by molar-refractivity contribution is 9.10. The van der Waals surface area contributed by atoms with Crippen molar-refractivity contribution in [2.45, 2.75) is 13.2 Å². The summed E-state index contributed by atoms with van der Waals surface area (Å²) in [5.74, 6) is 0.830. The van der Waals surface area contributed by atoms with Crippen LogP contribution in [0.1, 0.15) is 11.3 Å². The minimum atomic E-state index is 0.501. The Morgan fingerprint density at radius 3 is 2.90 bits per heavy atom. The average Bonchev–Trinajstić information content (AvgIpc) is 2.88. The number of hydrogen-bond donors (Lipinski definition) is 1. The average molecular weight is 354 g/mol. The lowest BCUT2D eigenvalue weighted by atomic mass is 10.2. The molecule has 0 radical (unpaired) electrons. The van der Waals surface area contributed by atoms with Gasteiger partial charge in [0.2, 0.25) is 0 Å². The van der Waals surface area contributed by atoms with Crippen molar-refractivity contribution in [1.29, 1.82) is 0 Å². The van der Waals surface area contributed by atoms with Gasteiger partial charge in [-0.05, 0) is 33.6 Å². The van der Waals surface area contributed by atoms with Gasteiger partial charge in [0.1, 0.15) is 12.4 Å². The van der Waals surface area contributed by atoms with Crippen LogP contribution in [0.2, 0.25) is 0 Å². The van der Waals surface area contributed by atoms with Gasteiger partial charge < -0.3 is 19.4 Å². The molecule has 1 N–H and O–H groups in total. The number of nitrogens with zero attached hydrogens (tertiary/aromatic N) is 2. The topological polar surface area (TPSA) is 48.3 Å². The maximum absolute atomic E-state index is 5.81. The van der Waals surface area contributed by atoms with E-state index < -0.39 is 0 Å². The van der Waals surface area contributed by atoms with Crippen LogP contribution >= 0.6 is 15.9 Å². The Morgan fingerprint density at radius 1 is 1.38 bits per heavy atom. The summed E-state index contributed by atoms with van der Waals surface area (Å²) in [6.45, 7) is 2.87. The maximum atomic E-state index is 5.81. The van der Waals surface area contributed by atoms with E-state index in [0.29, 0.717) is 13.2 Å². The summed E-state index contributed by atoms with van der Waals surface area (Å²) in [6, 6.07) is 6.11. The van der Waals surface area contributed by atoms with Crippen molar-refractivity contribution < 1.29 is 9.47 Å². The van der Waals surface area contributed by atoms with E-state index in [4.69, 9.17) is 9.47 Å². The highest BCUT2D eigenvalue weighted by Gasteiger charge is 2.05. The van der Waals surface area contributed by atoms with Crippen molar-refractivity contribution in [2.75, 3.05) is 20.3 Å². The molecule has 2 aromatic rings. The standard InChI is InChI=1S/C15H20BrN3O2/c1-19-11-18-9-13(19)10-21-15-4-3-12(7-14(15)16)8-17-5-6-20-2/h3-4,7,9,11,17H,5-6,8,10H2,1-2H3. The summed E-state index contributed by atoms with van der Waals surface area (Å²) in [5.41, 5.74) is 2.23. The minimum Gasteiger partial charge on any atom is -0.486 e. The van der Waals surface area contributed by atoms with E-state index in [9.17, 15) is 0 Å². The smallest absolute Gasteiger partial charge is 0.134 e. The quantitative estimate of drug-likeness (QED) is 0.740. The number of halogens is 1. The first-order chi connectivity index (χ1) is 10.2. The Bertz CT molecular complexity index is 572. The van der Waals surface area contributed by atoms with Crippen LogP contribution < -0.4 is 10.1 Å². The molecule has 6 heteroatoms. The lowest BCUT2D eigenvalue weighted by Crippen LogP contribution is -2.18. The monoisotopic (exact) mass is 353 g/mol. The SMILES string of the molecule is COCCNCc1ccc(OCc2cncn2C)c(Br)c1. The number of benzene rings is 1. The highest BCUT2D eigenvalue weighted by atomic mass is 79.9. The van der Waals surface area contributed by atoms with Gasteiger partial charge in [-0.3, -0.25) is 0 Å². The van der Waals surface area contributed by atoms with E-state index in [1.54, 1.807) is 13.4 Å². The number of hydrogen-bond acceptors (Lipinski definition) is 4. The van der Waals surface area contributed by atoms with Gasteiger partial charge in [0.15, 0.2) is 0 Å².